The van der Waals surface area contributed by atoms with Gasteiger partial charge in [0.1, 0.15) is 0 Å². The molecule has 2 saturated carbocycles. The topological polar surface area (TPSA) is 41.6 Å². The maximum Gasteiger partial charge on any atom is 0.192 e. The normalized spacial score (nSPS) is 32.5. The quantitative estimate of drug-likeness (QED) is 0.926. The van der Waals surface area contributed by atoms with Crippen molar-refractivity contribution in [3.05, 3.63) is 35.9 Å². The fraction of sp³-hybridized carbons (Fsp3) is 0.611. The minimum atomic E-state index is 0.214. The molecule has 2 N–H and O–H groups in total. The Labute approximate surface area is 127 Å². The molecule has 1 heterocycles. The zero-order chi connectivity index (χ0) is 14.3. The molecule has 2 atom stereocenters. The molecular weight excluding hydrogens is 258 g/mol. The number of hydrogen-bond acceptors (Lipinski definition) is 3. The van der Waals surface area contributed by atoms with Gasteiger partial charge in [0.05, 0.1) is 12.1 Å². The first-order valence-corrected chi connectivity index (χ1v) is 8.38. The lowest BCUT2D eigenvalue weighted by atomic mass is 9.73. The van der Waals surface area contributed by atoms with Gasteiger partial charge in [-0.2, -0.15) is 0 Å². The van der Waals surface area contributed by atoms with E-state index in [0.717, 1.165) is 30.9 Å². The number of aliphatic imine (C=N–C) groups is 1. The highest BCUT2D eigenvalue weighted by Crippen LogP contribution is 2.49. The predicted molar refractivity (Wildman–Crippen MR) is 85.9 cm³/mol. The van der Waals surface area contributed by atoms with Crippen molar-refractivity contribution in [2.75, 3.05) is 6.54 Å². The Kier molecular flexibility index (Phi) is 3.16. The van der Waals surface area contributed by atoms with Crippen LogP contribution in [0.1, 0.15) is 44.1 Å². The Hall–Kier alpha value is -1.51. The molecule has 2 unspecified atom stereocenters. The molecule has 0 saturated heterocycles. The molecule has 1 aromatic carbocycles. The summed E-state index contributed by atoms with van der Waals surface area (Å²) < 4.78 is 0. The van der Waals surface area contributed by atoms with E-state index >= 15 is 0 Å². The first-order chi connectivity index (χ1) is 10.3. The van der Waals surface area contributed by atoms with E-state index in [1.807, 2.05) is 0 Å². The van der Waals surface area contributed by atoms with Crippen molar-refractivity contribution in [2.45, 2.75) is 50.6 Å². The molecule has 1 aliphatic heterocycles. The van der Waals surface area contributed by atoms with E-state index in [9.17, 15) is 0 Å². The Morgan fingerprint density at radius 2 is 1.95 bits per heavy atom. The Morgan fingerprint density at radius 1 is 1.14 bits per heavy atom. The smallest absolute Gasteiger partial charge is 0.192 e. The Bertz CT molecular complexity index is 535. The van der Waals surface area contributed by atoms with Crippen LogP contribution in [0.4, 0.5) is 0 Å². The van der Waals surface area contributed by atoms with Gasteiger partial charge in [-0.15, -0.1) is 0 Å². The average molecular weight is 283 g/mol. The van der Waals surface area contributed by atoms with Gasteiger partial charge in [0.15, 0.2) is 5.96 Å². The van der Waals surface area contributed by atoms with Gasteiger partial charge < -0.3 is 10.6 Å². The molecule has 1 aromatic rings. The van der Waals surface area contributed by atoms with Crippen molar-refractivity contribution in [1.29, 1.82) is 0 Å². The van der Waals surface area contributed by atoms with Crippen molar-refractivity contribution < 1.29 is 0 Å². The number of rotatable bonds is 3. The summed E-state index contributed by atoms with van der Waals surface area (Å²) in [5.74, 6) is 2.68. The summed E-state index contributed by atoms with van der Waals surface area (Å²) in [5.41, 5.74) is 7.80. The summed E-state index contributed by atoms with van der Waals surface area (Å²) in [6.45, 7) is 1.82. The second kappa shape index (κ2) is 5.04. The number of hydrogen-bond donors (Lipinski definition) is 1. The molecule has 0 bridgehead atoms. The Morgan fingerprint density at radius 3 is 2.71 bits per heavy atom. The maximum absolute atomic E-state index is 6.25. The van der Waals surface area contributed by atoms with Gasteiger partial charge in [-0.05, 0) is 43.1 Å². The van der Waals surface area contributed by atoms with Gasteiger partial charge in [0.2, 0.25) is 0 Å². The summed E-state index contributed by atoms with van der Waals surface area (Å²) >= 11 is 0. The highest BCUT2D eigenvalue weighted by Gasteiger charge is 2.48. The van der Waals surface area contributed by atoms with Crippen molar-refractivity contribution in [3.8, 4) is 0 Å². The van der Waals surface area contributed by atoms with Crippen LogP contribution in [-0.2, 0) is 6.54 Å². The summed E-state index contributed by atoms with van der Waals surface area (Å²) in [6.07, 6.45) is 8.23. The summed E-state index contributed by atoms with van der Waals surface area (Å²) in [4.78, 5) is 7.04. The molecule has 1 spiro atoms. The molecule has 3 nitrogen and oxygen atoms in total. The van der Waals surface area contributed by atoms with E-state index in [1.165, 1.54) is 44.1 Å². The van der Waals surface area contributed by atoms with Gasteiger partial charge in [0.25, 0.3) is 0 Å². The molecular formula is C18H25N3. The molecule has 112 valence electrons. The Balaban J connectivity index is 1.55. The average Bonchev–Trinajstić information content (AvgIpc) is 3.33. The van der Waals surface area contributed by atoms with Crippen LogP contribution in [-0.4, -0.2) is 22.9 Å². The number of nitrogens with zero attached hydrogens (tertiary/aromatic N) is 2. The van der Waals surface area contributed by atoms with E-state index in [1.54, 1.807) is 0 Å². The highest BCUT2D eigenvalue weighted by atomic mass is 15.4. The molecule has 0 aromatic heterocycles. The lowest BCUT2D eigenvalue weighted by Crippen LogP contribution is -2.53. The molecule has 2 fully saturated rings. The van der Waals surface area contributed by atoms with Crippen LogP contribution in [0.15, 0.2) is 35.3 Å². The fourth-order valence-electron chi connectivity index (χ4n) is 4.40. The first-order valence-electron chi connectivity index (χ1n) is 8.38. The maximum atomic E-state index is 6.25. The van der Waals surface area contributed by atoms with Gasteiger partial charge in [-0.25, -0.2) is 0 Å². The van der Waals surface area contributed by atoms with E-state index < -0.39 is 0 Å². The van der Waals surface area contributed by atoms with Gasteiger partial charge >= 0.3 is 0 Å². The number of nitrogens with two attached hydrogens (primary N) is 1. The van der Waals surface area contributed by atoms with Crippen molar-refractivity contribution >= 4 is 5.96 Å². The number of benzene rings is 1. The summed E-state index contributed by atoms with van der Waals surface area (Å²) in [6, 6.07) is 10.7. The van der Waals surface area contributed by atoms with Crippen LogP contribution in [0.5, 0.6) is 0 Å². The van der Waals surface area contributed by atoms with Crippen molar-refractivity contribution in [2.24, 2.45) is 22.6 Å². The molecule has 0 radical (unpaired) electrons. The highest BCUT2D eigenvalue weighted by molar-refractivity contribution is 5.81. The molecule has 4 rings (SSSR count). The van der Waals surface area contributed by atoms with Gasteiger partial charge in [0, 0.05) is 6.54 Å². The van der Waals surface area contributed by atoms with Crippen molar-refractivity contribution in [1.82, 2.24) is 4.90 Å². The lowest BCUT2D eigenvalue weighted by Gasteiger charge is -2.45. The van der Waals surface area contributed by atoms with Crippen LogP contribution in [0.3, 0.4) is 0 Å². The van der Waals surface area contributed by atoms with Gasteiger partial charge in [-0.1, -0.05) is 43.2 Å². The van der Waals surface area contributed by atoms with Crippen LogP contribution in [0.25, 0.3) is 0 Å². The van der Waals surface area contributed by atoms with Crippen LogP contribution in [0.2, 0.25) is 0 Å². The van der Waals surface area contributed by atoms with E-state index in [-0.39, 0.29) is 5.54 Å². The second-order valence-electron chi connectivity index (χ2n) is 7.16. The summed E-state index contributed by atoms with van der Waals surface area (Å²) in [5, 5.41) is 0. The number of guanidine groups is 1. The van der Waals surface area contributed by atoms with Gasteiger partial charge in [-0.3, -0.25) is 4.99 Å². The standard InChI is InChI=1S/C18H25N3/c19-17-20-13-18(10-4-7-16(11-18)15-8-9-15)21(17)12-14-5-2-1-3-6-14/h1-3,5-6,15-16H,4,7-13H2,(H2,19,20). The second-order valence-corrected chi connectivity index (χ2v) is 7.16. The minimum Gasteiger partial charge on any atom is -0.370 e. The van der Waals surface area contributed by atoms with Crippen LogP contribution >= 0.6 is 0 Å². The largest absolute Gasteiger partial charge is 0.370 e. The molecule has 3 aliphatic rings. The molecule has 21 heavy (non-hydrogen) atoms. The molecule has 2 aliphatic carbocycles. The predicted octanol–water partition coefficient (Wildman–Crippen LogP) is 3.16. The zero-order valence-electron chi connectivity index (χ0n) is 12.7. The SMILES string of the molecule is NC1=NCC2(CCCC(C3CC3)C2)N1Cc1ccccc1. The van der Waals surface area contributed by atoms with Crippen molar-refractivity contribution in [3.63, 3.8) is 0 Å². The van der Waals surface area contributed by atoms with E-state index in [2.05, 4.69) is 40.2 Å². The fourth-order valence-corrected chi connectivity index (χ4v) is 4.40. The minimum absolute atomic E-state index is 0.214. The van der Waals surface area contributed by atoms with E-state index in [0.29, 0.717) is 0 Å². The van der Waals surface area contributed by atoms with Crippen LogP contribution < -0.4 is 5.73 Å². The monoisotopic (exact) mass is 283 g/mol. The third kappa shape index (κ3) is 2.43. The lowest BCUT2D eigenvalue weighted by molar-refractivity contribution is 0.0945. The van der Waals surface area contributed by atoms with E-state index in [4.69, 9.17) is 5.73 Å². The van der Waals surface area contributed by atoms with Crippen LogP contribution in [0, 0.1) is 11.8 Å². The third-order valence-electron chi connectivity index (χ3n) is 5.72. The molecule has 0 amide bonds. The molecule has 3 heteroatoms. The third-order valence-corrected chi connectivity index (χ3v) is 5.72. The summed E-state index contributed by atoms with van der Waals surface area (Å²) in [7, 11) is 0. The zero-order valence-corrected chi connectivity index (χ0v) is 12.7. The first kappa shape index (κ1) is 13.2.